The lowest BCUT2D eigenvalue weighted by atomic mass is 10.1. The van der Waals surface area contributed by atoms with Gasteiger partial charge in [-0.3, -0.25) is 10.2 Å². The Morgan fingerprint density at radius 3 is 2.45 bits per heavy atom. The van der Waals surface area contributed by atoms with Gasteiger partial charge in [0.05, 0.1) is 7.11 Å². The second kappa shape index (κ2) is 6.58. The van der Waals surface area contributed by atoms with E-state index in [2.05, 4.69) is 5.43 Å². The highest BCUT2D eigenvalue weighted by Gasteiger charge is 2.21. The minimum Gasteiger partial charge on any atom is -0.497 e. The first-order valence-electron chi connectivity index (χ1n) is 6.10. The van der Waals surface area contributed by atoms with Crippen LogP contribution in [0.3, 0.4) is 0 Å². The van der Waals surface area contributed by atoms with E-state index in [1.807, 2.05) is 18.2 Å². The van der Waals surface area contributed by atoms with Crippen LogP contribution in [-0.2, 0) is 4.79 Å². The van der Waals surface area contributed by atoms with Gasteiger partial charge in [0.25, 0.3) is 5.91 Å². The van der Waals surface area contributed by atoms with Gasteiger partial charge in [0, 0.05) is 11.6 Å². The van der Waals surface area contributed by atoms with Gasteiger partial charge in [0.2, 0.25) is 6.10 Å². The second-order valence-corrected chi connectivity index (χ2v) is 4.10. The van der Waals surface area contributed by atoms with Gasteiger partial charge in [0.15, 0.2) is 0 Å². The number of ether oxygens (including phenoxy) is 2. The highest BCUT2D eigenvalue weighted by molar-refractivity contribution is 5.82. The topological polar surface area (TPSA) is 73.6 Å². The van der Waals surface area contributed by atoms with Gasteiger partial charge in [-0.2, -0.15) is 0 Å². The number of amides is 1. The number of benzene rings is 2. The zero-order valence-corrected chi connectivity index (χ0v) is 11.1. The molecule has 0 saturated heterocycles. The van der Waals surface area contributed by atoms with Crippen LogP contribution in [0, 0.1) is 0 Å². The number of nitrogens with two attached hydrogens (primary N) is 1. The van der Waals surface area contributed by atoms with Crippen molar-refractivity contribution in [1.82, 2.24) is 5.43 Å². The molecule has 2 rings (SSSR count). The zero-order chi connectivity index (χ0) is 14.4. The van der Waals surface area contributed by atoms with E-state index in [0.29, 0.717) is 11.5 Å². The van der Waals surface area contributed by atoms with Crippen LogP contribution in [0.5, 0.6) is 11.5 Å². The van der Waals surface area contributed by atoms with Crippen molar-refractivity contribution in [3.63, 3.8) is 0 Å². The maximum Gasteiger partial charge on any atom is 0.279 e. The molecule has 0 saturated carbocycles. The molecular formula is C15H16N2O3. The molecule has 0 radical (unpaired) electrons. The third-order valence-corrected chi connectivity index (χ3v) is 2.78. The Morgan fingerprint density at radius 1 is 1.10 bits per heavy atom. The molecule has 0 heterocycles. The molecule has 0 fully saturated rings. The third-order valence-electron chi connectivity index (χ3n) is 2.78. The van der Waals surface area contributed by atoms with Gasteiger partial charge in [-0.1, -0.05) is 36.4 Å². The molecule has 1 unspecified atom stereocenters. The average molecular weight is 272 g/mol. The Morgan fingerprint density at radius 2 is 1.80 bits per heavy atom. The molecule has 20 heavy (non-hydrogen) atoms. The van der Waals surface area contributed by atoms with Crippen molar-refractivity contribution in [2.75, 3.05) is 7.11 Å². The van der Waals surface area contributed by atoms with Crippen molar-refractivity contribution in [1.29, 1.82) is 0 Å². The SMILES string of the molecule is COc1cccc(OC(C(=O)NN)c2ccccc2)c1. The number of hydrogen-bond donors (Lipinski definition) is 2. The molecule has 5 nitrogen and oxygen atoms in total. The lowest BCUT2D eigenvalue weighted by Gasteiger charge is -2.18. The fourth-order valence-electron chi connectivity index (χ4n) is 1.79. The monoisotopic (exact) mass is 272 g/mol. The summed E-state index contributed by atoms with van der Waals surface area (Å²) in [6, 6.07) is 16.2. The standard InChI is InChI=1S/C15H16N2O3/c1-19-12-8-5-9-13(10-12)20-14(15(18)17-16)11-6-3-2-4-7-11/h2-10,14H,16H2,1H3,(H,17,18). The highest BCUT2D eigenvalue weighted by Crippen LogP contribution is 2.25. The predicted octanol–water partition coefficient (Wildman–Crippen LogP) is 1.81. The summed E-state index contributed by atoms with van der Waals surface area (Å²) in [6.07, 6.45) is -0.812. The van der Waals surface area contributed by atoms with Crippen molar-refractivity contribution in [2.45, 2.75) is 6.10 Å². The van der Waals surface area contributed by atoms with Crippen molar-refractivity contribution in [3.8, 4) is 11.5 Å². The summed E-state index contributed by atoms with van der Waals surface area (Å²) in [5.74, 6) is 5.98. The van der Waals surface area contributed by atoms with Gasteiger partial charge >= 0.3 is 0 Å². The molecule has 3 N–H and O–H groups in total. The summed E-state index contributed by atoms with van der Waals surface area (Å²) in [7, 11) is 1.57. The van der Waals surface area contributed by atoms with E-state index in [1.165, 1.54) is 0 Å². The van der Waals surface area contributed by atoms with E-state index in [4.69, 9.17) is 15.3 Å². The van der Waals surface area contributed by atoms with Gasteiger partial charge < -0.3 is 9.47 Å². The molecule has 0 aliphatic heterocycles. The lowest BCUT2D eigenvalue weighted by molar-refractivity contribution is -0.128. The van der Waals surface area contributed by atoms with E-state index in [1.54, 1.807) is 43.5 Å². The second-order valence-electron chi connectivity index (χ2n) is 4.10. The Hall–Kier alpha value is -2.53. The summed E-state index contributed by atoms with van der Waals surface area (Å²) in [5.41, 5.74) is 2.84. The van der Waals surface area contributed by atoms with E-state index in [-0.39, 0.29) is 0 Å². The quantitative estimate of drug-likeness (QED) is 0.494. The zero-order valence-electron chi connectivity index (χ0n) is 11.1. The number of methoxy groups -OCH3 is 1. The smallest absolute Gasteiger partial charge is 0.279 e. The van der Waals surface area contributed by atoms with Crippen LogP contribution in [0.25, 0.3) is 0 Å². The van der Waals surface area contributed by atoms with Gasteiger partial charge in [-0.15, -0.1) is 0 Å². The van der Waals surface area contributed by atoms with Gasteiger partial charge in [-0.05, 0) is 12.1 Å². The van der Waals surface area contributed by atoms with E-state index in [0.717, 1.165) is 5.56 Å². The summed E-state index contributed by atoms with van der Waals surface area (Å²) < 4.78 is 10.8. The highest BCUT2D eigenvalue weighted by atomic mass is 16.5. The number of rotatable bonds is 5. The molecule has 0 bridgehead atoms. The maximum atomic E-state index is 11.9. The van der Waals surface area contributed by atoms with Crippen molar-refractivity contribution in [3.05, 3.63) is 60.2 Å². The number of carbonyl (C=O) groups is 1. The van der Waals surface area contributed by atoms with Crippen LogP contribution in [0.2, 0.25) is 0 Å². The largest absolute Gasteiger partial charge is 0.497 e. The van der Waals surface area contributed by atoms with Crippen LogP contribution in [0.15, 0.2) is 54.6 Å². The molecule has 0 spiro atoms. The van der Waals surface area contributed by atoms with Crippen molar-refractivity contribution in [2.24, 2.45) is 5.84 Å². The van der Waals surface area contributed by atoms with E-state index >= 15 is 0 Å². The first kappa shape index (κ1) is 13.9. The first-order valence-corrected chi connectivity index (χ1v) is 6.10. The van der Waals surface area contributed by atoms with E-state index < -0.39 is 12.0 Å². The number of hydrazine groups is 1. The van der Waals surface area contributed by atoms with Crippen LogP contribution < -0.4 is 20.7 Å². The molecule has 0 aliphatic carbocycles. The van der Waals surface area contributed by atoms with Crippen LogP contribution in [0.1, 0.15) is 11.7 Å². The number of hydrogen-bond acceptors (Lipinski definition) is 4. The van der Waals surface area contributed by atoms with Crippen LogP contribution in [-0.4, -0.2) is 13.0 Å². The molecule has 2 aromatic carbocycles. The minimum atomic E-state index is -0.812. The maximum absolute atomic E-state index is 11.9. The Labute approximate surface area is 117 Å². The molecule has 104 valence electrons. The van der Waals surface area contributed by atoms with Crippen LogP contribution >= 0.6 is 0 Å². The average Bonchev–Trinajstić information content (AvgIpc) is 2.53. The van der Waals surface area contributed by atoms with Gasteiger partial charge in [0.1, 0.15) is 11.5 Å². The van der Waals surface area contributed by atoms with Crippen molar-refractivity contribution >= 4 is 5.91 Å². The summed E-state index contributed by atoms with van der Waals surface area (Å²) in [4.78, 5) is 11.9. The lowest BCUT2D eigenvalue weighted by Crippen LogP contribution is -2.37. The molecule has 0 aliphatic rings. The summed E-state index contributed by atoms with van der Waals surface area (Å²) >= 11 is 0. The number of nitrogens with one attached hydrogen (secondary N) is 1. The van der Waals surface area contributed by atoms with Gasteiger partial charge in [-0.25, -0.2) is 5.84 Å². The predicted molar refractivity (Wildman–Crippen MR) is 75.1 cm³/mol. The molecule has 5 heteroatoms. The molecular weight excluding hydrogens is 256 g/mol. The Bertz CT molecular complexity index is 572. The summed E-state index contributed by atoms with van der Waals surface area (Å²) in [5, 5.41) is 0. The first-order chi connectivity index (χ1) is 9.74. The molecule has 0 aromatic heterocycles. The normalized spacial score (nSPS) is 11.5. The third kappa shape index (κ3) is 3.27. The summed E-state index contributed by atoms with van der Waals surface area (Å²) in [6.45, 7) is 0. The van der Waals surface area contributed by atoms with Crippen molar-refractivity contribution < 1.29 is 14.3 Å². The Kier molecular flexibility index (Phi) is 4.57. The fourth-order valence-corrected chi connectivity index (χ4v) is 1.79. The van der Waals surface area contributed by atoms with E-state index in [9.17, 15) is 4.79 Å². The fraction of sp³-hybridized carbons (Fsp3) is 0.133. The molecule has 2 aromatic rings. The molecule has 1 atom stereocenters. The Balaban J connectivity index is 2.26. The van der Waals surface area contributed by atoms with Crippen LogP contribution in [0.4, 0.5) is 0 Å². The number of carbonyl (C=O) groups excluding carboxylic acids is 1. The minimum absolute atomic E-state index is 0.418. The molecule has 1 amide bonds.